The number of anilines is 1. The van der Waals surface area contributed by atoms with E-state index in [2.05, 4.69) is 10.6 Å². The molecule has 6 nitrogen and oxygen atoms in total. The Bertz CT molecular complexity index is 678. The third kappa shape index (κ3) is 4.45. The smallest absolute Gasteiger partial charge is 0.319 e. The van der Waals surface area contributed by atoms with Gasteiger partial charge in [0.25, 0.3) is 0 Å². The molecule has 0 saturated heterocycles. The second-order valence-electron chi connectivity index (χ2n) is 6.66. The molecule has 0 bridgehead atoms. The van der Waals surface area contributed by atoms with Gasteiger partial charge in [-0.05, 0) is 50.5 Å². The van der Waals surface area contributed by atoms with Crippen LogP contribution in [0.25, 0.3) is 0 Å². The van der Waals surface area contributed by atoms with Crippen LogP contribution in [-0.2, 0) is 23.0 Å². The Hall–Kier alpha value is -1.60. The van der Waals surface area contributed by atoms with Crippen molar-refractivity contribution in [3.05, 3.63) is 29.3 Å². The van der Waals surface area contributed by atoms with Crippen LogP contribution in [0.2, 0.25) is 0 Å². The summed E-state index contributed by atoms with van der Waals surface area (Å²) in [5.41, 5.74) is 2.41. The van der Waals surface area contributed by atoms with Gasteiger partial charge in [-0.2, -0.15) is 4.31 Å². The first-order valence-corrected chi connectivity index (χ1v) is 9.05. The number of carbonyl (C=O) groups excluding carboxylic acids is 1. The van der Waals surface area contributed by atoms with E-state index in [1.165, 1.54) is 10.6 Å². The molecular weight excluding hydrogens is 302 g/mol. The second kappa shape index (κ2) is 5.89. The lowest BCUT2D eigenvalue weighted by Crippen LogP contribution is -2.43. The van der Waals surface area contributed by atoms with Crippen LogP contribution >= 0.6 is 0 Å². The lowest BCUT2D eigenvalue weighted by atomic mass is 10.0. The molecule has 1 aromatic rings. The molecule has 0 aliphatic carbocycles. The van der Waals surface area contributed by atoms with E-state index in [1.54, 1.807) is 0 Å². The summed E-state index contributed by atoms with van der Waals surface area (Å²) in [5.74, 6) is 0. The van der Waals surface area contributed by atoms with Gasteiger partial charge in [-0.25, -0.2) is 13.2 Å². The van der Waals surface area contributed by atoms with Gasteiger partial charge < -0.3 is 10.6 Å². The van der Waals surface area contributed by atoms with Crippen molar-refractivity contribution in [2.45, 2.75) is 39.3 Å². The topological polar surface area (TPSA) is 78.5 Å². The Kier molecular flexibility index (Phi) is 4.49. The molecule has 1 aromatic carbocycles. The summed E-state index contributed by atoms with van der Waals surface area (Å²) in [6.45, 7) is 6.57. The van der Waals surface area contributed by atoms with Gasteiger partial charge in [0.15, 0.2) is 0 Å². The fourth-order valence-electron chi connectivity index (χ4n) is 2.39. The molecule has 0 unspecified atom stereocenters. The van der Waals surface area contributed by atoms with Crippen LogP contribution in [0.5, 0.6) is 0 Å². The number of nitrogens with one attached hydrogen (secondary N) is 2. The molecule has 0 spiro atoms. The third-order valence-electron chi connectivity index (χ3n) is 3.40. The Morgan fingerprint density at radius 1 is 1.23 bits per heavy atom. The van der Waals surface area contributed by atoms with E-state index >= 15 is 0 Å². The predicted octanol–water partition coefficient (Wildman–Crippen LogP) is 1.92. The van der Waals surface area contributed by atoms with Crippen LogP contribution in [-0.4, -0.2) is 37.1 Å². The summed E-state index contributed by atoms with van der Waals surface area (Å²) < 4.78 is 24.8. The highest BCUT2D eigenvalue weighted by Crippen LogP contribution is 2.24. The highest BCUT2D eigenvalue weighted by molar-refractivity contribution is 7.88. The zero-order chi connectivity index (χ0) is 16.5. The zero-order valence-corrected chi connectivity index (χ0v) is 14.3. The fourth-order valence-corrected chi connectivity index (χ4v) is 3.19. The van der Waals surface area contributed by atoms with Crippen molar-refractivity contribution in [3.63, 3.8) is 0 Å². The van der Waals surface area contributed by atoms with Crippen molar-refractivity contribution in [2.24, 2.45) is 0 Å². The number of hydrogen-bond donors (Lipinski definition) is 2. The number of nitrogens with zero attached hydrogens (tertiary/aromatic N) is 1. The second-order valence-corrected chi connectivity index (χ2v) is 8.64. The largest absolute Gasteiger partial charge is 0.333 e. The van der Waals surface area contributed by atoms with Crippen molar-refractivity contribution in [1.82, 2.24) is 9.62 Å². The fraction of sp³-hybridized carbons (Fsp3) is 0.533. The van der Waals surface area contributed by atoms with Crippen LogP contribution in [0.15, 0.2) is 18.2 Å². The van der Waals surface area contributed by atoms with Crippen LogP contribution < -0.4 is 10.6 Å². The van der Waals surface area contributed by atoms with Crippen molar-refractivity contribution in [2.75, 3.05) is 18.1 Å². The molecule has 0 aromatic heterocycles. The Morgan fingerprint density at radius 3 is 2.50 bits per heavy atom. The molecule has 0 radical (unpaired) electrons. The summed E-state index contributed by atoms with van der Waals surface area (Å²) in [4.78, 5) is 11.9. The minimum absolute atomic E-state index is 0.275. The first kappa shape index (κ1) is 16.8. The average Bonchev–Trinajstić information content (AvgIpc) is 2.34. The molecule has 1 heterocycles. The normalized spacial score (nSPS) is 16.0. The van der Waals surface area contributed by atoms with E-state index in [4.69, 9.17) is 0 Å². The van der Waals surface area contributed by atoms with Crippen LogP contribution in [0, 0.1) is 0 Å². The number of rotatable bonds is 2. The maximum absolute atomic E-state index is 11.9. The monoisotopic (exact) mass is 325 g/mol. The van der Waals surface area contributed by atoms with Crippen LogP contribution in [0.1, 0.15) is 31.9 Å². The molecule has 2 amide bonds. The van der Waals surface area contributed by atoms with E-state index < -0.39 is 10.0 Å². The van der Waals surface area contributed by atoms with E-state index in [1.807, 2.05) is 39.0 Å². The van der Waals surface area contributed by atoms with Crippen molar-refractivity contribution >= 4 is 21.7 Å². The lowest BCUT2D eigenvalue weighted by molar-refractivity contribution is 0.244. The van der Waals surface area contributed by atoms with Gasteiger partial charge in [0.05, 0.1) is 6.26 Å². The minimum atomic E-state index is -3.19. The van der Waals surface area contributed by atoms with Gasteiger partial charge in [-0.1, -0.05) is 6.07 Å². The van der Waals surface area contributed by atoms with Gasteiger partial charge in [-0.3, -0.25) is 0 Å². The standard InChI is InChI=1S/C15H23N3O3S/c1-15(2,3)17-14(19)16-13-6-5-11-7-8-18(22(4,20)21)10-12(11)9-13/h5-6,9H,7-8,10H2,1-4H3,(H2,16,17,19). The molecule has 2 N–H and O–H groups in total. The number of sulfonamides is 1. The molecule has 1 aliphatic heterocycles. The highest BCUT2D eigenvalue weighted by Gasteiger charge is 2.23. The first-order chi connectivity index (χ1) is 10.0. The SMILES string of the molecule is CC(C)(C)NC(=O)Nc1ccc2c(c1)CN(S(C)(=O)=O)CC2. The summed E-state index contributed by atoms with van der Waals surface area (Å²) in [5, 5.41) is 5.61. The molecule has 1 aliphatic rings. The Morgan fingerprint density at radius 2 is 1.91 bits per heavy atom. The third-order valence-corrected chi connectivity index (χ3v) is 4.65. The Labute approximate surface area is 131 Å². The highest BCUT2D eigenvalue weighted by atomic mass is 32.2. The molecule has 0 saturated carbocycles. The maximum atomic E-state index is 11.9. The van der Waals surface area contributed by atoms with Crippen molar-refractivity contribution in [3.8, 4) is 0 Å². The molecule has 7 heteroatoms. The maximum Gasteiger partial charge on any atom is 0.319 e. The van der Waals surface area contributed by atoms with E-state index in [0.717, 1.165) is 11.1 Å². The van der Waals surface area contributed by atoms with E-state index in [9.17, 15) is 13.2 Å². The average molecular weight is 325 g/mol. The van der Waals surface area contributed by atoms with Gasteiger partial charge in [0, 0.05) is 24.3 Å². The zero-order valence-electron chi connectivity index (χ0n) is 13.4. The molecule has 2 rings (SSSR count). The summed E-state index contributed by atoms with van der Waals surface area (Å²) in [7, 11) is -3.19. The lowest BCUT2D eigenvalue weighted by Gasteiger charge is -2.27. The first-order valence-electron chi connectivity index (χ1n) is 7.21. The number of carbonyl (C=O) groups is 1. The molecular formula is C15H23N3O3S. The number of fused-ring (bicyclic) bond motifs is 1. The predicted molar refractivity (Wildman–Crippen MR) is 87.3 cm³/mol. The van der Waals surface area contributed by atoms with Gasteiger partial charge in [0.2, 0.25) is 10.0 Å². The molecule has 0 atom stereocenters. The number of hydrogen-bond acceptors (Lipinski definition) is 3. The molecule has 22 heavy (non-hydrogen) atoms. The Balaban J connectivity index is 2.13. The number of benzene rings is 1. The molecule has 122 valence electrons. The summed E-state index contributed by atoms with van der Waals surface area (Å²) >= 11 is 0. The number of amides is 2. The van der Waals surface area contributed by atoms with E-state index in [-0.39, 0.29) is 11.6 Å². The van der Waals surface area contributed by atoms with E-state index in [0.29, 0.717) is 25.2 Å². The van der Waals surface area contributed by atoms with Crippen LogP contribution in [0.3, 0.4) is 0 Å². The van der Waals surface area contributed by atoms with Crippen molar-refractivity contribution < 1.29 is 13.2 Å². The van der Waals surface area contributed by atoms with Gasteiger partial charge in [-0.15, -0.1) is 0 Å². The molecule has 0 fully saturated rings. The quantitative estimate of drug-likeness (QED) is 0.872. The summed E-state index contributed by atoms with van der Waals surface area (Å²) in [6, 6.07) is 5.36. The van der Waals surface area contributed by atoms with Gasteiger partial charge in [0.1, 0.15) is 0 Å². The number of urea groups is 1. The summed E-state index contributed by atoms with van der Waals surface area (Å²) in [6.07, 6.45) is 1.91. The van der Waals surface area contributed by atoms with Gasteiger partial charge >= 0.3 is 6.03 Å². The van der Waals surface area contributed by atoms with Crippen molar-refractivity contribution in [1.29, 1.82) is 0 Å². The minimum Gasteiger partial charge on any atom is -0.333 e. The van der Waals surface area contributed by atoms with Crippen LogP contribution in [0.4, 0.5) is 10.5 Å².